The molecule has 150 valence electrons. The number of ether oxygens (including phenoxy) is 1. The normalized spacial score (nSPS) is 20.4. The molecule has 1 aliphatic rings. The van der Waals surface area contributed by atoms with Crippen LogP contribution in [0.2, 0.25) is 5.02 Å². The summed E-state index contributed by atoms with van der Waals surface area (Å²) < 4.78 is 32.1. The van der Waals surface area contributed by atoms with Crippen LogP contribution in [-0.4, -0.2) is 55.6 Å². The van der Waals surface area contributed by atoms with Gasteiger partial charge < -0.3 is 4.74 Å². The van der Waals surface area contributed by atoms with Crippen molar-refractivity contribution in [3.63, 3.8) is 0 Å². The number of nitrogens with zero attached hydrogens (tertiary/aromatic N) is 2. The zero-order valence-electron chi connectivity index (χ0n) is 15.6. The van der Waals surface area contributed by atoms with Crippen LogP contribution in [0.4, 0.5) is 0 Å². The minimum absolute atomic E-state index is 0.0546. The van der Waals surface area contributed by atoms with Gasteiger partial charge in [0.05, 0.1) is 12.9 Å². The van der Waals surface area contributed by atoms with Gasteiger partial charge in [0, 0.05) is 31.2 Å². The van der Waals surface area contributed by atoms with Crippen molar-refractivity contribution in [2.45, 2.75) is 19.1 Å². The van der Waals surface area contributed by atoms with E-state index in [-0.39, 0.29) is 18.8 Å². The van der Waals surface area contributed by atoms with Crippen LogP contribution in [0.3, 0.4) is 0 Å². The van der Waals surface area contributed by atoms with Crippen molar-refractivity contribution in [2.24, 2.45) is 0 Å². The molecule has 3 rings (SSSR count). The van der Waals surface area contributed by atoms with E-state index in [2.05, 4.69) is 0 Å². The Hall–Kier alpha value is -1.93. The third-order valence-corrected chi connectivity index (χ3v) is 6.82. The summed E-state index contributed by atoms with van der Waals surface area (Å²) in [6.45, 7) is 1.29. The molecule has 0 spiro atoms. The van der Waals surface area contributed by atoms with E-state index in [1.54, 1.807) is 24.3 Å². The largest absolute Gasteiger partial charge is 0.468 e. The molecule has 1 saturated heterocycles. The molecule has 2 aromatic carbocycles. The van der Waals surface area contributed by atoms with E-state index in [0.29, 0.717) is 18.1 Å². The highest BCUT2D eigenvalue weighted by molar-refractivity contribution is 7.89. The van der Waals surface area contributed by atoms with E-state index in [0.717, 1.165) is 11.1 Å². The van der Waals surface area contributed by atoms with E-state index in [4.69, 9.17) is 16.3 Å². The highest BCUT2D eigenvalue weighted by atomic mass is 35.5. The maximum absolute atomic E-state index is 13.0. The van der Waals surface area contributed by atoms with Crippen molar-refractivity contribution in [2.75, 3.05) is 26.0 Å². The molecule has 1 unspecified atom stereocenters. The second kappa shape index (κ2) is 9.05. The summed E-state index contributed by atoms with van der Waals surface area (Å²) in [6.07, 6.45) is 0. The Morgan fingerprint density at radius 1 is 1.07 bits per heavy atom. The lowest BCUT2D eigenvalue weighted by atomic mass is 10.1. The van der Waals surface area contributed by atoms with Crippen molar-refractivity contribution in [1.82, 2.24) is 9.21 Å². The molecule has 0 radical (unpaired) electrons. The maximum atomic E-state index is 13.0. The van der Waals surface area contributed by atoms with Gasteiger partial charge in [-0.15, -0.1) is 0 Å². The number of hydrogen-bond acceptors (Lipinski definition) is 5. The average molecular weight is 423 g/mol. The molecular weight excluding hydrogens is 400 g/mol. The van der Waals surface area contributed by atoms with Gasteiger partial charge in [0.1, 0.15) is 6.04 Å². The fraction of sp³-hybridized carbons (Fsp3) is 0.350. The highest BCUT2D eigenvalue weighted by Crippen LogP contribution is 2.21. The van der Waals surface area contributed by atoms with Gasteiger partial charge in [-0.2, -0.15) is 4.31 Å². The first-order valence-electron chi connectivity index (χ1n) is 8.97. The molecule has 2 aromatic rings. The van der Waals surface area contributed by atoms with Crippen molar-refractivity contribution in [3.05, 3.63) is 70.7 Å². The fourth-order valence-electron chi connectivity index (χ4n) is 3.27. The van der Waals surface area contributed by atoms with Gasteiger partial charge in [-0.3, -0.25) is 9.69 Å². The van der Waals surface area contributed by atoms with Crippen LogP contribution in [0.25, 0.3) is 0 Å². The lowest BCUT2D eigenvalue weighted by molar-refractivity contribution is -0.145. The van der Waals surface area contributed by atoms with Crippen molar-refractivity contribution in [3.8, 4) is 0 Å². The molecular formula is C20H23ClN2O4S. The van der Waals surface area contributed by atoms with E-state index in [1.165, 1.54) is 11.4 Å². The highest BCUT2D eigenvalue weighted by Gasteiger charge is 2.39. The summed E-state index contributed by atoms with van der Waals surface area (Å²) in [5, 5.41) is 0.570. The van der Waals surface area contributed by atoms with Crippen LogP contribution >= 0.6 is 11.6 Å². The molecule has 8 heteroatoms. The lowest BCUT2D eigenvalue weighted by Gasteiger charge is -2.28. The Kier molecular flexibility index (Phi) is 6.72. The monoisotopic (exact) mass is 422 g/mol. The third kappa shape index (κ3) is 5.11. The van der Waals surface area contributed by atoms with Gasteiger partial charge in [-0.25, -0.2) is 8.42 Å². The molecule has 1 atom stereocenters. The van der Waals surface area contributed by atoms with Gasteiger partial charge in [0.2, 0.25) is 10.0 Å². The smallest absolute Gasteiger partial charge is 0.325 e. The molecule has 1 heterocycles. The first-order valence-corrected chi connectivity index (χ1v) is 11.0. The summed E-state index contributed by atoms with van der Waals surface area (Å²) in [6, 6.07) is 15.8. The number of esters is 1. The molecule has 0 aromatic heterocycles. The number of carbonyl (C=O) groups excluding carboxylic acids is 1. The molecule has 28 heavy (non-hydrogen) atoms. The molecule has 0 amide bonds. The summed E-state index contributed by atoms with van der Waals surface area (Å²) in [5.74, 6) is -0.613. The summed E-state index contributed by atoms with van der Waals surface area (Å²) in [4.78, 5) is 14.5. The topological polar surface area (TPSA) is 66.9 Å². The van der Waals surface area contributed by atoms with Crippen molar-refractivity contribution in [1.29, 1.82) is 0 Å². The summed E-state index contributed by atoms with van der Waals surface area (Å²) in [5.41, 5.74) is 1.83. The molecule has 0 saturated carbocycles. The quantitative estimate of drug-likeness (QED) is 0.693. The predicted octanol–water partition coefficient (Wildman–Crippen LogP) is 2.53. The first-order chi connectivity index (χ1) is 13.4. The van der Waals surface area contributed by atoms with Crippen molar-refractivity contribution < 1.29 is 17.9 Å². The standard InChI is InChI=1S/C20H23ClN2O4S/c1-27-20(24)19-15-22(13-16-5-3-2-4-6-16)11-12-28(25,26)23(19)14-17-7-9-18(21)10-8-17/h2-10,19H,11-15H2,1H3. The van der Waals surface area contributed by atoms with Gasteiger partial charge in [0.15, 0.2) is 0 Å². The average Bonchev–Trinajstić information content (AvgIpc) is 2.81. The zero-order valence-corrected chi connectivity index (χ0v) is 17.2. The number of benzene rings is 2. The predicted molar refractivity (Wildman–Crippen MR) is 108 cm³/mol. The Balaban J connectivity index is 1.87. The number of carbonyl (C=O) groups is 1. The maximum Gasteiger partial charge on any atom is 0.325 e. The van der Waals surface area contributed by atoms with Crippen LogP contribution in [0.1, 0.15) is 11.1 Å². The van der Waals surface area contributed by atoms with Crippen LogP contribution in [-0.2, 0) is 32.6 Å². The number of sulfonamides is 1. The van der Waals surface area contributed by atoms with Crippen molar-refractivity contribution >= 4 is 27.6 Å². The van der Waals surface area contributed by atoms with Crippen LogP contribution < -0.4 is 0 Å². The minimum Gasteiger partial charge on any atom is -0.468 e. The van der Waals surface area contributed by atoms with Crippen LogP contribution in [0.15, 0.2) is 54.6 Å². The molecule has 1 aliphatic heterocycles. The number of halogens is 1. The van der Waals surface area contributed by atoms with Gasteiger partial charge in [-0.05, 0) is 23.3 Å². The number of methoxy groups -OCH3 is 1. The molecule has 1 fully saturated rings. The van der Waals surface area contributed by atoms with E-state index in [9.17, 15) is 13.2 Å². The Morgan fingerprint density at radius 2 is 1.71 bits per heavy atom. The van der Waals surface area contributed by atoms with E-state index < -0.39 is 22.0 Å². The summed E-state index contributed by atoms with van der Waals surface area (Å²) in [7, 11) is -2.36. The van der Waals surface area contributed by atoms with Gasteiger partial charge >= 0.3 is 5.97 Å². The molecule has 0 aliphatic carbocycles. The van der Waals surface area contributed by atoms with Crippen LogP contribution in [0.5, 0.6) is 0 Å². The Labute approximate surface area is 170 Å². The molecule has 0 N–H and O–H groups in total. The van der Waals surface area contributed by atoms with E-state index >= 15 is 0 Å². The Bertz CT molecular complexity index is 904. The molecule has 6 nitrogen and oxygen atoms in total. The van der Waals surface area contributed by atoms with Gasteiger partial charge in [-0.1, -0.05) is 54.1 Å². The second-order valence-corrected chi connectivity index (χ2v) is 9.22. The SMILES string of the molecule is COC(=O)C1CN(Cc2ccccc2)CCS(=O)(=O)N1Cc1ccc(Cl)cc1. The van der Waals surface area contributed by atoms with Crippen LogP contribution in [0, 0.1) is 0 Å². The lowest BCUT2D eigenvalue weighted by Crippen LogP contribution is -2.48. The Morgan fingerprint density at radius 3 is 2.36 bits per heavy atom. The number of hydrogen-bond donors (Lipinski definition) is 0. The van der Waals surface area contributed by atoms with E-state index in [1.807, 2.05) is 35.2 Å². The fourth-order valence-corrected chi connectivity index (χ4v) is 5.01. The molecule has 0 bridgehead atoms. The summed E-state index contributed by atoms with van der Waals surface area (Å²) >= 11 is 5.92. The second-order valence-electron chi connectivity index (χ2n) is 6.75. The number of rotatable bonds is 5. The minimum atomic E-state index is -3.64. The first kappa shape index (κ1) is 20.8. The third-order valence-electron chi connectivity index (χ3n) is 4.78. The van der Waals surface area contributed by atoms with Gasteiger partial charge in [0.25, 0.3) is 0 Å². The zero-order chi connectivity index (χ0) is 20.1.